The molecule has 21 heavy (non-hydrogen) atoms. The lowest BCUT2D eigenvalue weighted by atomic mass is 10.2. The zero-order valence-electron chi connectivity index (χ0n) is 11.7. The van der Waals surface area contributed by atoms with Gasteiger partial charge in [0.1, 0.15) is 0 Å². The first-order valence-corrected chi connectivity index (χ1v) is 7.69. The van der Waals surface area contributed by atoms with Crippen molar-refractivity contribution in [1.29, 1.82) is 0 Å². The molecule has 1 aliphatic rings. The highest BCUT2D eigenvalue weighted by Crippen LogP contribution is 2.16. The molecule has 1 N–H and O–H groups in total. The molecule has 0 bridgehead atoms. The molecule has 2 heterocycles. The van der Waals surface area contributed by atoms with Gasteiger partial charge in [-0.15, -0.1) is 5.10 Å². The SMILES string of the molecule is CCOC(=O)c1nnc(SCC(=O)NCC2CCCO2)o1. The summed E-state index contributed by atoms with van der Waals surface area (Å²) in [5, 5.41) is 10.2. The van der Waals surface area contributed by atoms with E-state index in [1.165, 1.54) is 0 Å². The first kappa shape index (κ1) is 15.8. The maximum Gasteiger partial charge on any atom is 0.396 e. The van der Waals surface area contributed by atoms with Gasteiger partial charge < -0.3 is 19.2 Å². The van der Waals surface area contributed by atoms with E-state index >= 15 is 0 Å². The van der Waals surface area contributed by atoms with E-state index in [0.717, 1.165) is 31.2 Å². The lowest BCUT2D eigenvalue weighted by Gasteiger charge is -2.09. The third-order valence-electron chi connectivity index (χ3n) is 2.73. The second kappa shape index (κ2) is 7.99. The molecule has 1 atom stereocenters. The molecule has 2 rings (SSSR count). The van der Waals surface area contributed by atoms with Crippen LogP contribution in [0.4, 0.5) is 0 Å². The van der Waals surface area contributed by atoms with E-state index in [0.29, 0.717) is 6.54 Å². The van der Waals surface area contributed by atoms with Gasteiger partial charge in [0, 0.05) is 13.2 Å². The second-order valence-electron chi connectivity index (χ2n) is 4.32. The molecule has 9 heteroatoms. The van der Waals surface area contributed by atoms with Crippen molar-refractivity contribution in [3.63, 3.8) is 0 Å². The third-order valence-corrected chi connectivity index (χ3v) is 3.55. The highest BCUT2D eigenvalue weighted by molar-refractivity contribution is 7.99. The Labute approximate surface area is 126 Å². The quantitative estimate of drug-likeness (QED) is 0.577. The average molecular weight is 315 g/mol. The number of nitrogens with zero attached hydrogens (tertiary/aromatic N) is 2. The highest BCUT2D eigenvalue weighted by atomic mass is 32.2. The summed E-state index contributed by atoms with van der Waals surface area (Å²) >= 11 is 1.07. The number of hydrogen-bond donors (Lipinski definition) is 1. The van der Waals surface area contributed by atoms with Crippen molar-refractivity contribution in [2.75, 3.05) is 25.5 Å². The molecule has 1 aromatic heterocycles. The lowest BCUT2D eigenvalue weighted by molar-refractivity contribution is -0.119. The number of nitrogens with one attached hydrogen (secondary N) is 1. The predicted octanol–water partition coefficient (Wildman–Crippen LogP) is 0.634. The number of thioether (sulfide) groups is 1. The fraction of sp³-hybridized carbons (Fsp3) is 0.667. The van der Waals surface area contributed by atoms with Crippen molar-refractivity contribution in [3.05, 3.63) is 5.89 Å². The molecule has 1 aromatic rings. The van der Waals surface area contributed by atoms with Gasteiger partial charge in [-0.05, 0) is 19.8 Å². The van der Waals surface area contributed by atoms with Crippen LogP contribution in [-0.4, -0.2) is 53.7 Å². The van der Waals surface area contributed by atoms with Gasteiger partial charge in [0.05, 0.1) is 18.5 Å². The van der Waals surface area contributed by atoms with Crippen molar-refractivity contribution in [2.45, 2.75) is 31.1 Å². The Hall–Kier alpha value is -1.61. The summed E-state index contributed by atoms with van der Waals surface area (Å²) in [6.45, 7) is 3.18. The van der Waals surface area contributed by atoms with Gasteiger partial charge in [0.2, 0.25) is 5.91 Å². The number of amides is 1. The largest absolute Gasteiger partial charge is 0.459 e. The molecule has 1 fully saturated rings. The summed E-state index contributed by atoms with van der Waals surface area (Å²) < 4.78 is 15.2. The number of rotatable bonds is 7. The Morgan fingerprint density at radius 1 is 1.48 bits per heavy atom. The van der Waals surface area contributed by atoms with Crippen molar-refractivity contribution in [1.82, 2.24) is 15.5 Å². The Bertz CT molecular complexity index is 487. The van der Waals surface area contributed by atoms with Crippen LogP contribution in [0, 0.1) is 0 Å². The summed E-state index contributed by atoms with van der Waals surface area (Å²) in [6.07, 6.45) is 2.12. The maximum atomic E-state index is 11.6. The fourth-order valence-corrected chi connectivity index (χ4v) is 2.35. The Balaban J connectivity index is 1.69. The zero-order valence-corrected chi connectivity index (χ0v) is 12.5. The molecule has 1 amide bonds. The van der Waals surface area contributed by atoms with Gasteiger partial charge in [-0.2, -0.15) is 0 Å². The van der Waals surface area contributed by atoms with Crippen LogP contribution in [0.2, 0.25) is 0 Å². The molecule has 1 saturated heterocycles. The number of ether oxygens (including phenoxy) is 2. The molecule has 0 saturated carbocycles. The topological polar surface area (TPSA) is 104 Å². The van der Waals surface area contributed by atoms with E-state index in [1.54, 1.807) is 6.92 Å². The van der Waals surface area contributed by atoms with Gasteiger partial charge in [0.15, 0.2) is 0 Å². The van der Waals surface area contributed by atoms with Crippen LogP contribution in [0.3, 0.4) is 0 Å². The van der Waals surface area contributed by atoms with E-state index < -0.39 is 5.97 Å². The molecular formula is C12H17N3O5S. The molecule has 116 valence electrons. The minimum Gasteiger partial charge on any atom is -0.459 e. The minimum atomic E-state index is -0.667. The second-order valence-corrected chi connectivity index (χ2v) is 5.25. The number of carbonyl (C=O) groups is 2. The molecule has 0 radical (unpaired) electrons. The number of carbonyl (C=O) groups excluding carboxylic acids is 2. The van der Waals surface area contributed by atoms with Gasteiger partial charge in [-0.25, -0.2) is 4.79 Å². The molecule has 0 aromatic carbocycles. The Morgan fingerprint density at radius 2 is 2.33 bits per heavy atom. The maximum absolute atomic E-state index is 11.6. The van der Waals surface area contributed by atoms with Crippen LogP contribution >= 0.6 is 11.8 Å². The van der Waals surface area contributed by atoms with Gasteiger partial charge >= 0.3 is 11.9 Å². The number of aromatic nitrogens is 2. The van der Waals surface area contributed by atoms with Gasteiger partial charge in [-0.1, -0.05) is 16.9 Å². The van der Waals surface area contributed by atoms with Crippen LogP contribution in [0.5, 0.6) is 0 Å². The van der Waals surface area contributed by atoms with Crippen LogP contribution in [0.15, 0.2) is 9.64 Å². The van der Waals surface area contributed by atoms with E-state index in [-0.39, 0.29) is 35.5 Å². The zero-order chi connectivity index (χ0) is 15.1. The number of esters is 1. The smallest absolute Gasteiger partial charge is 0.396 e. The fourth-order valence-electron chi connectivity index (χ4n) is 1.75. The Kier molecular flexibility index (Phi) is 6.00. The summed E-state index contributed by atoms with van der Waals surface area (Å²) in [7, 11) is 0. The van der Waals surface area contributed by atoms with Crippen molar-refractivity contribution in [2.24, 2.45) is 0 Å². The summed E-state index contributed by atoms with van der Waals surface area (Å²) in [5.41, 5.74) is 0. The Morgan fingerprint density at radius 3 is 3.05 bits per heavy atom. The van der Waals surface area contributed by atoms with Crippen molar-refractivity contribution >= 4 is 23.6 Å². The first-order chi connectivity index (χ1) is 10.2. The van der Waals surface area contributed by atoms with Crippen molar-refractivity contribution < 1.29 is 23.5 Å². The molecule has 0 spiro atoms. The number of hydrogen-bond acceptors (Lipinski definition) is 8. The molecule has 8 nitrogen and oxygen atoms in total. The van der Waals surface area contributed by atoms with Crippen LogP contribution in [0.25, 0.3) is 0 Å². The van der Waals surface area contributed by atoms with E-state index in [9.17, 15) is 9.59 Å². The minimum absolute atomic E-state index is 0.109. The van der Waals surface area contributed by atoms with Gasteiger partial charge in [0.25, 0.3) is 5.22 Å². The summed E-state index contributed by atoms with van der Waals surface area (Å²) in [6, 6.07) is 0. The summed E-state index contributed by atoms with van der Waals surface area (Å²) in [5.74, 6) is -0.887. The van der Waals surface area contributed by atoms with E-state index in [4.69, 9.17) is 13.9 Å². The lowest BCUT2D eigenvalue weighted by Crippen LogP contribution is -2.32. The molecular weight excluding hydrogens is 298 g/mol. The average Bonchev–Trinajstić information content (AvgIpc) is 3.14. The standard InChI is InChI=1S/C12H17N3O5S/c1-2-18-11(17)10-14-15-12(20-10)21-7-9(16)13-6-8-4-3-5-19-8/h8H,2-7H2,1H3,(H,13,16). The van der Waals surface area contributed by atoms with Crippen LogP contribution < -0.4 is 5.32 Å². The highest BCUT2D eigenvalue weighted by Gasteiger charge is 2.18. The van der Waals surface area contributed by atoms with Gasteiger partial charge in [-0.3, -0.25) is 4.79 Å². The van der Waals surface area contributed by atoms with Crippen LogP contribution in [-0.2, 0) is 14.3 Å². The summed E-state index contributed by atoms with van der Waals surface area (Å²) in [4.78, 5) is 23.0. The third kappa shape index (κ3) is 5.01. The molecule has 1 aliphatic heterocycles. The normalized spacial score (nSPS) is 17.7. The molecule has 1 unspecified atom stereocenters. The first-order valence-electron chi connectivity index (χ1n) is 6.70. The monoisotopic (exact) mass is 315 g/mol. The van der Waals surface area contributed by atoms with E-state index in [2.05, 4.69) is 15.5 Å². The molecule has 0 aliphatic carbocycles. The van der Waals surface area contributed by atoms with E-state index in [1.807, 2.05) is 0 Å². The van der Waals surface area contributed by atoms with Crippen LogP contribution in [0.1, 0.15) is 30.5 Å². The van der Waals surface area contributed by atoms with Crippen molar-refractivity contribution in [3.8, 4) is 0 Å². The predicted molar refractivity (Wildman–Crippen MR) is 73.0 cm³/mol.